The van der Waals surface area contributed by atoms with Crippen LogP contribution in [0.4, 0.5) is 0 Å². The highest BCUT2D eigenvalue weighted by Crippen LogP contribution is 2.60. The fourth-order valence-corrected chi connectivity index (χ4v) is 3.73. The maximum absolute atomic E-state index is 12.1. The summed E-state index contributed by atoms with van der Waals surface area (Å²) in [5, 5.41) is 9.13. The number of H-pyrrole nitrogens is 2. The lowest BCUT2D eigenvalue weighted by Gasteiger charge is -2.17. The average Bonchev–Trinajstić information content (AvgIpc) is 2.81. The lowest BCUT2D eigenvalue weighted by molar-refractivity contribution is -0.126. The molecule has 1 amide bonds. The van der Waals surface area contributed by atoms with Gasteiger partial charge in [-0.15, -0.1) is 0 Å². The van der Waals surface area contributed by atoms with Crippen LogP contribution in [-0.4, -0.2) is 39.8 Å². The molecule has 0 spiro atoms. The Kier molecular flexibility index (Phi) is 2.70. The minimum atomic E-state index is -0.290. The minimum absolute atomic E-state index is 0.0499. The average molecular weight is 278 g/mol. The Morgan fingerprint density at radius 1 is 1.40 bits per heavy atom. The molecule has 3 heterocycles. The van der Waals surface area contributed by atoms with Crippen molar-refractivity contribution >= 4 is 5.91 Å². The van der Waals surface area contributed by atoms with Crippen molar-refractivity contribution < 1.29 is 9.53 Å². The highest BCUT2D eigenvalue weighted by molar-refractivity contribution is 5.80. The predicted octanol–water partition coefficient (Wildman–Crippen LogP) is -0.430. The van der Waals surface area contributed by atoms with Gasteiger partial charge in [0.1, 0.15) is 5.82 Å². The third-order valence-electron chi connectivity index (χ3n) is 4.78. The number of ether oxygens (including phenoxy) is 1. The lowest BCUT2D eigenvalue weighted by atomic mass is 9.88. The molecule has 0 radical (unpaired) electrons. The minimum Gasteiger partial charge on any atom is -0.374 e. The van der Waals surface area contributed by atoms with Crippen LogP contribution in [0.15, 0.2) is 4.79 Å². The molecular weight excluding hydrogens is 260 g/mol. The zero-order valence-electron chi connectivity index (χ0n) is 11.1. The number of hydrogen-bond acceptors (Lipinski definition) is 4. The Morgan fingerprint density at radius 2 is 2.30 bits per heavy atom. The van der Waals surface area contributed by atoms with E-state index in [2.05, 4.69) is 20.5 Å². The molecule has 4 rings (SSSR count). The van der Waals surface area contributed by atoms with E-state index in [1.807, 2.05) is 0 Å². The van der Waals surface area contributed by atoms with Crippen LogP contribution in [0.3, 0.4) is 0 Å². The van der Waals surface area contributed by atoms with Crippen molar-refractivity contribution in [3.63, 3.8) is 0 Å². The molecule has 5 atom stereocenters. The molecule has 1 aliphatic carbocycles. The van der Waals surface area contributed by atoms with Crippen LogP contribution >= 0.6 is 0 Å². The first-order valence-electron chi connectivity index (χ1n) is 7.29. The van der Waals surface area contributed by atoms with E-state index in [-0.39, 0.29) is 23.6 Å². The SMILES string of the molecule is O=C(NCCCc1n[nH]c(=O)[nH]1)[C@@H]1C[C@@H]2O[C@H]1[C@H]1C[C@H]12. The van der Waals surface area contributed by atoms with Gasteiger partial charge in [-0.3, -0.25) is 9.78 Å². The monoisotopic (exact) mass is 278 g/mol. The number of aromatic nitrogens is 3. The second kappa shape index (κ2) is 4.44. The number of aromatic amines is 2. The van der Waals surface area contributed by atoms with Gasteiger partial charge in [0.15, 0.2) is 0 Å². The van der Waals surface area contributed by atoms with Gasteiger partial charge >= 0.3 is 5.69 Å². The lowest BCUT2D eigenvalue weighted by Crippen LogP contribution is -2.37. The Morgan fingerprint density at radius 3 is 3.00 bits per heavy atom. The van der Waals surface area contributed by atoms with Crippen LogP contribution in [0.25, 0.3) is 0 Å². The molecule has 7 nitrogen and oxygen atoms in total. The molecule has 1 aromatic heterocycles. The molecule has 3 fully saturated rings. The van der Waals surface area contributed by atoms with E-state index in [0.717, 1.165) is 18.8 Å². The molecule has 3 aliphatic rings. The molecule has 1 aromatic rings. The van der Waals surface area contributed by atoms with Crippen LogP contribution in [0.2, 0.25) is 0 Å². The standard InChI is InChI=1S/C13H18N4O3/c18-12(8-5-9-6-4-7(6)11(8)20-9)14-3-1-2-10-15-13(19)17-16-10/h6-9,11H,1-5H2,(H,14,18)(H2,15,16,17,19)/t6-,7+,8-,9+,11+/m1/s1. The summed E-state index contributed by atoms with van der Waals surface area (Å²) >= 11 is 0. The number of aryl methyl sites for hydroxylation is 1. The Balaban J connectivity index is 1.22. The molecule has 0 unspecified atom stereocenters. The number of amides is 1. The largest absolute Gasteiger partial charge is 0.374 e. The van der Waals surface area contributed by atoms with E-state index in [4.69, 9.17) is 4.74 Å². The summed E-state index contributed by atoms with van der Waals surface area (Å²) in [4.78, 5) is 25.6. The summed E-state index contributed by atoms with van der Waals surface area (Å²) in [6, 6.07) is 0. The number of nitrogens with one attached hydrogen (secondary N) is 3. The topological polar surface area (TPSA) is 99.9 Å². The fraction of sp³-hybridized carbons (Fsp3) is 0.769. The molecule has 108 valence electrons. The van der Waals surface area contributed by atoms with Gasteiger partial charge in [0, 0.05) is 13.0 Å². The molecule has 2 saturated heterocycles. The summed E-state index contributed by atoms with van der Waals surface area (Å²) < 4.78 is 5.83. The van der Waals surface area contributed by atoms with Gasteiger partial charge in [-0.05, 0) is 31.1 Å². The van der Waals surface area contributed by atoms with Gasteiger partial charge < -0.3 is 10.1 Å². The summed E-state index contributed by atoms with van der Waals surface area (Å²) in [6.07, 6.45) is 4.08. The summed E-state index contributed by atoms with van der Waals surface area (Å²) in [6.45, 7) is 0.607. The fourth-order valence-electron chi connectivity index (χ4n) is 3.73. The normalized spacial score (nSPS) is 36.9. The van der Waals surface area contributed by atoms with Crippen LogP contribution in [0, 0.1) is 17.8 Å². The summed E-state index contributed by atoms with van der Waals surface area (Å²) in [5.41, 5.74) is -0.290. The molecule has 3 N–H and O–H groups in total. The third-order valence-corrected chi connectivity index (χ3v) is 4.78. The van der Waals surface area contributed by atoms with Crippen molar-refractivity contribution in [2.24, 2.45) is 17.8 Å². The zero-order valence-corrected chi connectivity index (χ0v) is 11.1. The van der Waals surface area contributed by atoms with Gasteiger partial charge in [0.25, 0.3) is 0 Å². The molecule has 2 aliphatic heterocycles. The second-order valence-corrected chi connectivity index (χ2v) is 6.06. The van der Waals surface area contributed by atoms with Crippen LogP contribution in [0.5, 0.6) is 0 Å². The molecule has 7 heteroatoms. The smallest absolute Gasteiger partial charge is 0.340 e. The number of carbonyl (C=O) groups is 1. The number of fused-ring (bicyclic) bond motifs is 5. The van der Waals surface area contributed by atoms with E-state index < -0.39 is 0 Å². The van der Waals surface area contributed by atoms with Gasteiger partial charge in [-0.2, -0.15) is 5.10 Å². The maximum Gasteiger partial charge on any atom is 0.340 e. The van der Waals surface area contributed by atoms with Crippen LogP contribution in [-0.2, 0) is 16.0 Å². The first-order chi connectivity index (χ1) is 9.72. The Hall–Kier alpha value is -1.63. The van der Waals surface area contributed by atoms with E-state index >= 15 is 0 Å². The molecule has 0 aromatic carbocycles. The van der Waals surface area contributed by atoms with Crippen molar-refractivity contribution in [3.05, 3.63) is 16.3 Å². The van der Waals surface area contributed by atoms with E-state index in [1.165, 1.54) is 6.42 Å². The van der Waals surface area contributed by atoms with E-state index in [1.54, 1.807) is 0 Å². The molecular formula is C13H18N4O3. The van der Waals surface area contributed by atoms with Gasteiger partial charge in [0.2, 0.25) is 5.91 Å². The number of rotatable bonds is 5. The number of nitrogens with zero attached hydrogens (tertiary/aromatic N) is 1. The van der Waals surface area contributed by atoms with Gasteiger partial charge in [-0.25, -0.2) is 9.89 Å². The van der Waals surface area contributed by atoms with Crippen molar-refractivity contribution in [2.75, 3.05) is 6.54 Å². The Labute approximate surface area is 115 Å². The highest BCUT2D eigenvalue weighted by atomic mass is 16.5. The second-order valence-electron chi connectivity index (χ2n) is 6.06. The third kappa shape index (κ3) is 1.96. The van der Waals surface area contributed by atoms with Gasteiger partial charge in [-0.1, -0.05) is 0 Å². The van der Waals surface area contributed by atoms with Gasteiger partial charge in [0.05, 0.1) is 18.1 Å². The first kappa shape index (κ1) is 12.1. The summed E-state index contributed by atoms with van der Waals surface area (Å²) in [7, 11) is 0. The quantitative estimate of drug-likeness (QED) is 0.636. The number of hydrogen-bond donors (Lipinski definition) is 3. The van der Waals surface area contributed by atoms with Crippen molar-refractivity contribution in [1.82, 2.24) is 20.5 Å². The van der Waals surface area contributed by atoms with Crippen molar-refractivity contribution in [1.29, 1.82) is 0 Å². The van der Waals surface area contributed by atoms with E-state index in [0.29, 0.717) is 30.8 Å². The maximum atomic E-state index is 12.1. The number of carbonyl (C=O) groups excluding carboxylic acids is 1. The van der Waals surface area contributed by atoms with Crippen LogP contribution in [0.1, 0.15) is 25.1 Å². The first-order valence-corrected chi connectivity index (χ1v) is 7.29. The van der Waals surface area contributed by atoms with Crippen molar-refractivity contribution in [2.45, 2.75) is 37.9 Å². The highest BCUT2D eigenvalue weighted by Gasteiger charge is 2.64. The predicted molar refractivity (Wildman–Crippen MR) is 68.9 cm³/mol. The summed E-state index contributed by atoms with van der Waals surface area (Å²) in [5.74, 6) is 2.21. The molecule has 20 heavy (non-hydrogen) atoms. The molecule has 1 saturated carbocycles. The van der Waals surface area contributed by atoms with E-state index in [9.17, 15) is 9.59 Å². The Bertz CT molecular complexity index is 580. The zero-order chi connectivity index (χ0) is 13.7. The van der Waals surface area contributed by atoms with Crippen LogP contribution < -0.4 is 11.0 Å². The molecule has 2 bridgehead atoms. The van der Waals surface area contributed by atoms with Crippen molar-refractivity contribution in [3.8, 4) is 0 Å².